The number of rotatable bonds is 6. The van der Waals surface area contributed by atoms with E-state index in [0.29, 0.717) is 5.13 Å². The summed E-state index contributed by atoms with van der Waals surface area (Å²) in [6.45, 7) is 18.1. The second kappa shape index (κ2) is 23.6. The lowest BCUT2D eigenvalue weighted by Crippen LogP contribution is -2.20. The van der Waals surface area contributed by atoms with Crippen LogP contribution in [0, 0.1) is 6.92 Å². The third-order valence-electron chi connectivity index (χ3n) is 2.75. The lowest BCUT2D eigenvalue weighted by Gasteiger charge is -2.08. The fourth-order valence-electron chi connectivity index (χ4n) is 1.49. The van der Waals surface area contributed by atoms with E-state index in [1.54, 1.807) is 17.5 Å². The molecule has 2 heterocycles. The van der Waals surface area contributed by atoms with Crippen molar-refractivity contribution in [1.29, 1.82) is 0 Å². The number of hydrogen-bond donors (Lipinski definition) is 2. The number of aryl methyl sites for hydroxylation is 2. The molecule has 0 aliphatic carbocycles. The summed E-state index contributed by atoms with van der Waals surface area (Å²) in [5.41, 5.74) is 0. The number of amides is 1. The van der Waals surface area contributed by atoms with Crippen molar-refractivity contribution in [2.45, 2.75) is 61.8 Å². The Morgan fingerprint density at radius 3 is 2.00 bits per heavy atom. The number of hydrogen-bond acceptors (Lipinski definition) is 8. The zero-order valence-electron chi connectivity index (χ0n) is 20.8. The van der Waals surface area contributed by atoms with Gasteiger partial charge in [-0.3, -0.25) is 5.32 Å². The van der Waals surface area contributed by atoms with Crippen LogP contribution >= 0.6 is 22.7 Å². The molecule has 2 N–H and O–H groups in total. The fourth-order valence-corrected chi connectivity index (χ4v) is 2.92. The molecule has 7 nitrogen and oxygen atoms in total. The van der Waals surface area contributed by atoms with E-state index < -0.39 is 6.09 Å². The number of methoxy groups -OCH3 is 1. The minimum Gasteiger partial charge on any atom is -0.453 e. The Hall–Kier alpha value is -1.71. The monoisotopic (exact) mass is 461 g/mol. The molecule has 0 unspecified atom stereocenters. The van der Waals surface area contributed by atoms with Crippen LogP contribution in [-0.2, 0) is 11.2 Å². The third kappa shape index (κ3) is 18.3. The average molecular weight is 462 g/mol. The fraction of sp³-hybridized carbons (Fsp3) is 0.667. The van der Waals surface area contributed by atoms with Crippen LogP contribution in [0.25, 0.3) is 0 Å². The van der Waals surface area contributed by atoms with Gasteiger partial charge in [0.15, 0.2) is 10.3 Å². The highest BCUT2D eigenvalue weighted by atomic mass is 32.1. The highest BCUT2D eigenvalue weighted by molar-refractivity contribution is 7.15. The maximum absolute atomic E-state index is 10.6. The van der Waals surface area contributed by atoms with Gasteiger partial charge >= 0.3 is 6.09 Å². The van der Waals surface area contributed by atoms with Crippen molar-refractivity contribution in [2.24, 2.45) is 0 Å². The molecule has 2 rings (SSSR count). The normalized spacial score (nSPS) is 8.67. The van der Waals surface area contributed by atoms with Gasteiger partial charge < -0.3 is 15.0 Å². The van der Waals surface area contributed by atoms with Crippen LogP contribution < -0.4 is 10.6 Å². The maximum Gasteiger partial charge on any atom is 0.413 e. The van der Waals surface area contributed by atoms with Crippen LogP contribution in [0.15, 0.2) is 12.4 Å². The van der Waals surface area contributed by atoms with E-state index >= 15 is 0 Å². The van der Waals surface area contributed by atoms with Gasteiger partial charge in [-0.1, -0.05) is 48.5 Å². The van der Waals surface area contributed by atoms with Gasteiger partial charge in [0.1, 0.15) is 0 Å². The molecule has 0 atom stereocenters. The number of nitrogens with one attached hydrogen (secondary N) is 2. The number of ether oxygens (including phenoxy) is 1. The lowest BCUT2D eigenvalue weighted by atomic mass is 10.4. The van der Waals surface area contributed by atoms with Gasteiger partial charge in [-0.15, -0.1) is 22.7 Å². The van der Waals surface area contributed by atoms with E-state index in [-0.39, 0.29) is 0 Å². The Balaban J connectivity index is -0.000000392. The van der Waals surface area contributed by atoms with E-state index in [0.717, 1.165) is 29.5 Å². The molecular formula is C21H43N5O2S2. The number of carbonyl (C=O) groups excluding carboxylic acids is 1. The largest absolute Gasteiger partial charge is 0.453 e. The third-order valence-corrected chi connectivity index (χ3v) is 4.68. The number of carbonyl (C=O) groups is 1. The molecule has 0 spiro atoms. The molecule has 0 saturated carbocycles. The van der Waals surface area contributed by atoms with Crippen molar-refractivity contribution in [3.05, 3.63) is 22.1 Å². The molecule has 0 radical (unpaired) electrons. The summed E-state index contributed by atoms with van der Waals surface area (Å²) in [5.74, 6) is 0. The van der Waals surface area contributed by atoms with Crippen molar-refractivity contribution in [3.63, 3.8) is 0 Å². The van der Waals surface area contributed by atoms with Crippen molar-refractivity contribution in [1.82, 2.24) is 14.9 Å². The zero-order valence-corrected chi connectivity index (χ0v) is 22.4. The first-order chi connectivity index (χ1) is 14.4. The van der Waals surface area contributed by atoms with Gasteiger partial charge in [0.2, 0.25) is 0 Å². The Kier molecular flexibility index (Phi) is 25.9. The van der Waals surface area contributed by atoms with Crippen molar-refractivity contribution in [2.75, 3.05) is 44.9 Å². The first-order valence-corrected chi connectivity index (χ1v) is 12.2. The van der Waals surface area contributed by atoms with E-state index in [1.165, 1.54) is 23.3 Å². The molecule has 2 aromatic rings. The molecule has 9 heteroatoms. The summed E-state index contributed by atoms with van der Waals surface area (Å²) in [7, 11) is 5.46. The van der Waals surface area contributed by atoms with E-state index in [2.05, 4.69) is 51.3 Å². The topological polar surface area (TPSA) is 79.4 Å². The standard InChI is InChI=1S/C9H17N3S.C6H8N2O2S.3C2H6/c1-4-8-7-11-9(13-8)10-5-6-12(2)3;1-4-3-7-5(11-4)8-6(9)10-2;3*1-2/h7H,4-6H2,1-3H3,(H,10,11);3H,1-2H3,(H,7,8,9);3*1-2H3. The molecule has 0 aromatic carbocycles. The molecule has 30 heavy (non-hydrogen) atoms. The van der Waals surface area contributed by atoms with Crippen molar-refractivity contribution >= 4 is 39.0 Å². The van der Waals surface area contributed by atoms with Crippen LogP contribution in [0.2, 0.25) is 0 Å². The molecule has 0 bridgehead atoms. The van der Waals surface area contributed by atoms with Crippen LogP contribution in [0.3, 0.4) is 0 Å². The summed E-state index contributed by atoms with van der Waals surface area (Å²) in [5, 5.41) is 7.36. The van der Waals surface area contributed by atoms with Crippen LogP contribution in [0.1, 0.15) is 58.2 Å². The zero-order chi connectivity index (χ0) is 23.9. The van der Waals surface area contributed by atoms with E-state index in [9.17, 15) is 4.79 Å². The summed E-state index contributed by atoms with van der Waals surface area (Å²) in [6, 6.07) is 0. The lowest BCUT2D eigenvalue weighted by molar-refractivity contribution is 0.187. The molecule has 0 aliphatic rings. The van der Waals surface area contributed by atoms with Crippen molar-refractivity contribution < 1.29 is 9.53 Å². The number of thiazole rings is 2. The van der Waals surface area contributed by atoms with Crippen molar-refractivity contribution in [3.8, 4) is 0 Å². The van der Waals surface area contributed by atoms with Gasteiger partial charge in [-0.25, -0.2) is 14.8 Å². The predicted octanol–water partition coefficient (Wildman–Crippen LogP) is 6.39. The minimum atomic E-state index is -0.487. The Morgan fingerprint density at radius 1 is 1.03 bits per heavy atom. The predicted molar refractivity (Wildman–Crippen MR) is 135 cm³/mol. The molecule has 2 aromatic heterocycles. The second-order valence-corrected chi connectivity index (χ2v) is 7.46. The summed E-state index contributed by atoms with van der Waals surface area (Å²) in [6.07, 6.45) is 4.23. The summed E-state index contributed by atoms with van der Waals surface area (Å²) >= 11 is 3.15. The Morgan fingerprint density at radius 2 is 1.60 bits per heavy atom. The smallest absolute Gasteiger partial charge is 0.413 e. The number of aromatic nitrogens is 2. The number of likely N-dealkylation sites (N-methyl/N-ethyl adjacent to an activating group) is 1. The van der Waals surface area contributed by atoms with E-state index in [1.807, 2.05) is 54.7 Å². The highest BCUT2D eigenvalue weighted by Crippen LogP contribution is 2.17. The Bertz CT molecular complexity index is 616. The second-order valence-electron chi connectivity index (χ2n) is 5.11. The summed E-state index contributed by atoms with van der Waals surface area (Å²) < 4.78 is 4.38. The molecule has 176 valence electrons. The average Bonchev–Trinajstić information content (AvgIpc) is 3.41. The molecule has 0 fully saturated rings. The molecule has 0 saturated heterocycles. The Labute approximate surface area is 192 Å². The number of nitrogens with zero attached hydrogens (tertiary/aromatic N) is 3. The molecular weight excluding hydrogens is 418 g/mol. The van der Waals surface area contributed by atoms with Crippen LogP contribution in [-0.4, -0.2) is 55.3 Å². The van der Waals surface area contributed by atoms with Gasteiger partial charge in [0.05, 0.1) is 7.11 Å². The first kappa shape index (κ1) is 32.9. The van der Waals surface area contributed by atoms with E-state index in [4.69, 9.17) is 0 Å². The maximum atomic E-state index is 10.6. The summed E-state index contributed by atoms with van der Waals surface area (Å²) in [4.78, 5) is 23.4. The molecule has 0 aliphatic heterocycles. The first-order valence-electron chi connectivity index (χ1n) is 10.5. The van der Waals surface area contributed by atoms with Crippen LogP contribution in [0.4, 0.5) is 15.1 Å². The van der Waals surface area contributed by atoms with Crippen LogP contribution in [0.5, 0.6) is 0 Å². The SMILES string of the molecule is CC.CC.CC.CCc1cnc(NCCN(C)C)s1.COC(=O)Nc1ncc(C)s1. The minimum absolute atomic E-state index is 0.487. The number of anilines is 2. The quantitative estimate of drug-likeness (QED) is 0.519. The van der Waals surface area contributed by atoms with Gasteiger partial charge in [-0.05, 0) is 27.4 Å². The van der Waals surface area contributed by atoms with Gasteiger partial charge in [0, 0.05) is 35.2 Å². The highest BCUT2D eigenvalue weighted by Gasteiger charge is 2.02. The van der Waals surface area contributed by atoms with Gasteiger partial charge in [-0.2, -0.15) is 0 Å². The van der Waals surface area contributed by atoms with Gasteiger partial charge in [0.25, 0.3) is 0 Å². The molecule has 1 amide bonds.